The van der Waals surface area contributed by atoms with E-state index >= 15 is 0 Å². The summed E-state index contributed by atoms with van der Waals surface area (Å²) in [5.74, 6) is 2.05. The van der Waals surface area contributed by atoms with Gasteiger partial charge in [0.1, 0.15) is 5.75 Å². The fraction of sp³-hybridized carbons (Fsp3) is 0.538. The quantitative estimate of drug-likeness (QED) is 0.854. The van der Waals surface area contributed by atoms with E-state index in [1.165, 1.54) is 11.1 Å². The van der Waals surface area contributed by atoms with E-state index in [4.69, 9.17) is 4.74 Å². The Morgan fingerprint density at radius 2 is 2.19 bits per heavy atom. The third-order valence-corrected chi connectivity index (χ3v) is 4.69. The predicted octanol–water partition coefficient (Wildman–Crippen LogP) is 2.98. The van der Waals surface area contributed by atoms with Crippen LogP contribution in [0.5, 0.6) is 5.75 Å². The van der Waals surface area contributed by atoms with Crippen molar-refractivity contribution in [1.29, 1.82) is 0 Å². The number of rotatable bonds is 2. The van der Waals surface area contributed by atoms with E-state index in [0.29, 0.717) is 6.04 Å². The Labute approximate surface area is 102 Å². The maximum absolute atomic E-state index is 5.43. The first-order valence-electron chi connectivity index (χ1n) is 5.57. The molecule has 0 spiro atoms. The maximum Gasteiger partial charge on any atom is 0.123 e. The third-order valence-electron chi connectivity index (χ3n) is 3.27. The lowest BCUT2D eigenvalue weighted by Gasteiger charge is -2.39. The van der Waals surface area contributed by atoms with Gasteiger partial charge < -0.3 is 10.1 Å². The van der Waals surface area contributed by atoms with Gasteiger partial charge in [-0.3, -0.25) is 0 Å². The molecule has 1 aromatic carbocycles. The molecule has 0 amide bonds. The van der Waals surface area contributed by atoms with Gasteiger partial charge >= 0.3 is 0 Å². The van der Waals surface area contributed by atoms with Gasteiger partial charge in [0.15, 0.2) is 0 Å². The first kappa shape index (κ1) is 11.8. The highest BCUT2D eigenvalue weighted by molar-refractivity contribution is 8.00. The molecule has 0 fully saturated rings. The van der Waals surface area contributed by atoms with Crippen LogP contribution in [0.4, 0.5) is 0 Å². The molecule has 0 radical (unpaired) electrons. The van der Waals surface area contributed by atoms with Crippen molar-refractivity contribution in [2.75, 3.05) is 14.2 Å². The second-order valence-electron chi connectivity index (χ2n) is 4.64. The first-order valence-corrected chi connectivity index (χ1v) is 6.55. The Balaban J connectivity index is 2.50. The smallest absolute Gasteiger partial charge is 0.123 e. The summed E-state index contributed by atoms with van der Waals surface area (Å²) < 4.78 is 5.66. The van der Waals surface area contributed by atoms with Gasteiger partial charge in [0.05, 0.1) is 7.11 Å². The molecule has 1 atom stereocenters. The van der Waals surface area contributed by atoms with Gasteiger partial charge in [0.25, 0.3) is 0 Å². The molecule has 1 unspecified atom stereocenters. The van der Waals surface area contributed by atoms with E-state index < -0.39 is 0 Å². The summed E-state index contributed by atoms with van der Waals surface area (Å²) in [6.45, 7) is 4.59. The van der Waals surface area contributed by atoms with Crippen molar-refractivity contribution in [2.24, 2.45) is 0 Å². The highest BCUT2D eigenvalue weighted by atomic mass is 32.2. The van der Waals surface area contributed by atoms with E-state index in [9.17, 15) is 0 Å². The van der Waals surface area contributed by atoms with Crippen molar-refractivity contribution in [2.45, 2.75) is 30.4 Å². The molecule has 88 valence electrons. The average Bonchev–Trinajstić information content (AvgIpc) is 2.27. The molecule has 2 nitrogen and oxygen atoms in total. The van der Waals surface area contributed by atoms with Gasteiger partial charge in [-0.05, 0) is 32.5 Å². The van der Waals surface area contributed by atoms with Crippen LogP contribution in [0.15, 0.2) is 18.2 Å². The maximum atomic E-state index is 5.43. The van der Waals surface area contributed by atoms with E-state index in [-0.39, 0.29) is 4.75 Å². The lowest BCUT2D eigenvalue weighted by atomic mass is 9.91. The summed E-state index contributed by atoms with van der Waals surface area (Å²) in [4.78, 5) is 0. The molecule has 1 aliphatic rings. The molecule has 0 bridgehead atoms. The summed E-state index contributed by atoms with van der Waals surface area (Å²) in [5.41, 5.74) is 2.72. The molecule has 1 aromatic rings. The summed E-state index contributed by atoms with van der Waals surface area (Å²) in [6.07, 6.45) is 0. The van der Waals surface area contributed by atoms with Gasteiger partial charge in [-0.2, -0.15) is 0 Å². The second kappa shape index (κ2) is 4.30. The number of benzene rings is 1. The van der Waals surface area contributed by atoms with Crippen molar-refractivity contribution < 1.29 is 4.74 Å². The topological polar surface area (TPSA) is 21.3 Å². The monoisotopic (exact) mass is 237 g/mol. The van der Waals surface area contributed by atoms with Gasteiger partial charge in [0.2, 0.25) is 0 Å². The van der Waals surface area contributed by atoms with Crippen LogP contribution in [-0.4, -0.2) is 18.9 Å². The van der Waals surface area contributed by atoms with Crippen LogP contribution in [0, 0.1) is 0 Å². The van der Waals surface area contributed by atoms with Gasteiger partial charge in [0, 0.05) is 22.1 Å². The van der Waals surface area contributed by atoms with Crippen molar-refractivity contribution in [3.05, 3.63) is 29.3 Å². The Morgan fingerprint density at radius 1 is 1.44 bits per heavy atom. The number of fused-ring (bicyclic) bond motifs is 1. The minimum Gasteiger partial charge on any atom is -0.496 e. The Morgan fingerprint density at radius 3 is 2.81 bits per heavy atom. The lowest BCUT2D eigenvalue weighted by Crippen LogP contribution is -2.38. The van der Waals surface area contributed by atoms with Crippen LogP contribution in [0.25, 0.3) is 0 Å². The van der Waals surface area contributed by atoms with Crippen LogP contribution in [0.1, 0.15) is 31.0 Å². The lowest BCUT2D eigenvalue weighted by molar-refractivity contribution is 0.405. The minimum absolute atomic E-state index is 0.230. The molecule has 3 heteroatoms. The largest absolute Gasteiger partial charge is 0.496 e. The van der Waals surface area contributed by atoms with Crippen molar-refractivity contribution in [1.82, 2.24) is 5.32 Å². The van der Waals surface area contributed by atoms with Gasteiger partial charge in [-0.25, -0.2) is 0 Å². The normalized spacial score (nSPS) is 22.6. The molecule has 0 saturated carbocycles. The number of ether oxygens (including phenoxy) is 1. The zero-order chi connectivity index (χ0) is 11.8. The first-order chi connectivity index (χ1) is 7.60. The van der Waals surface area contributed by atoms with Crippen molar-refractivity contribution in [3.63, 3.8) is 0 Å². The SMILES string of the molecule is CNC1c2cccc(OC)c2CSC1(C)C. The van der Waals surface area contributed by atoms with Crippen LogP contribution in [0.2, 0.25) is 0 Å². The number of thioether (sulfide) groups is 1. The Bertz CT molecular complexity index is 390. The molecule has 1 heterocycles. The number of hydrogen-bond acceptors (Lipinski definition) is 3. The van der Waals surface area contributed by atoms with E-state index in [1.54, 1.807) is 7.11 Å². The van der Waals surface area contributed by atoms with E-state index in [2.05, 4.69) is 31.3 Å². The molecule has 1 N–H and O–H groups in total. The number of nitrogens with one attached hydrogen (secondary N) is 1. The summed E-state index contributed by atoms with van der Waals surface area (Å²) >= 11 is 1.98. The Hall–Kier alpha value is -0.670. The molecular formula is C13H19NOS. The van der Waals surface area contributed by atoms with Crippen LogP contribution < -0.4 is 10.1 Å². The molecule has 1 aliphatic heterocycles. The van der Waals surface area contributed by atoms with Crippen LogP contribution in [-0.2, 0) is 5.75 Å². The molecule has 0 saturated heterocycles. The second-order valence-corrected chi connectivity index (χ2v) is 6.27. The van der Waals surface area contributed by atoms with Crippen LogP contribution >= 0.6 is 11.8 Å². The Kier molecular flexibility index (Phi) is 3.17. The third kappa shape index (κ3) is 1.82. The standard InChI is InChI=1S/C13H19NOS/c1-13(2)12(14-3)9-6-5-7-11(15-4)10(9)8-16-13/h5-7,12,14H,8H2,1-4H3. The molecular weight excluding hydrogens is 218 g/mol. The average molecular weight is 237 g/mol. The minimum atomic E-state index is 0.230. The molecule has 16 heavy (non-hydrogen) atoms. The molecule has 0 aliphatic carbocycles. The summed E-state index contributed by atoms with van der Waals surface area (Å²) in [6, 6.07) is 6.72. The van der Waals surface area contributed by atoms with E-state index in [1.807, 2.05) is 24.9 Å². The van der Waals surface area contributed by atoms with Gasteiger partial charge in [-0.15, -0.1) is 11.8 Å². The van der Waals surface area contributed by atoms with E-state index in [0.717, 1.165) is 11.5 Å². The predicted molar refractivity (Wildman–Crippen MR) is 70.2 cm³/mol. The van der Waals surface area contributed by atoms with Crippen molar-refractivity contribution in [3.8, 4) is 5.75 Å². The highest BCUT2D eigenvalue weighted by Gasteiger charge is 2.36. The zero-order valence-corrected chi connectivity index (χ0v) is 11.1. The number of methoxy groups -OCH3 is 1. The number of hydrogen-bond donors (Lipinski definition) is 1. The molecule has 0 aromatic heterocycles. The highest BCUT2D eigenvalue weighted by Crippen LogP contribution is 2.47. The fourth-order valence-electron chi connectivity index (χ4n) is 2.42. The fourth-order valence-corrected chi connectivity index (χ4v) is 3.65. The van der Waals surface area contributed by atoms with Crippen molar-refractivity contribution >= 4 is 11.8 Å². The van der Waals surface area contributed by atoms with Crippen LogP contribution in [0.3, 0.4) is 0 Å². The van der Waals surface area contributed by atoms with Gasteiger partial charge in [-0.1, -0.05) is 12.1 Å². The molecule has 2 rings (SSSR count). The summed E-state index contributed by atoms with van der Waals surface area (Å²) in [5, 5.41) is 3.43. The zero-order valence-electron chi connectivity index (χ0n) is 10.3. The summed E-state index contributed by atoms with van der Waals surface area (Å²) in [7, 11) is 3.77.